The largest absolute Gasteiger partial charge is 0.495 e. The summed E-state index contributed by atoms with van der Waals surface area (Å²) in [6, 6.07) is 8.78. The Hall–Kier alpha value is -2.63. The van der Waals surface area contributed by atoms with Crippen LogP contribution in [0.2, 0.25) is 0 Å². The van der Waals surface area contributed by atoms with Crippen molar-refractivity contribution < 1.29 is 26.4 Å². The van der Waals surface area contributed by atoms with E-state index >= 15 is 0 Å². The Kier molecular flexibility index (Phi) is 6.39. The lowest BCUT2D eigenvalue weighted by atomic mass is 10.2. The summed E-state index contributed by atoms with van der Waals surface area (Å²) in [6.45, 7) is 3.20. The van der Waals surface area contributed by atoms with Crippen LogP contribution >= 0.6 is 0 Å². The quantitative estimate of drug-likeness (QED) is 0.634. The van der Waals surface area contributed by atoms with Crippen molar-refractivity contribution in [3.05, 3.63) is 42.0 Å². The van der Waals surface area contributed by atoms with Gasteiger partial charge in [-0.15, -0.1) is 0 Å². The molecule has 11 heteroatoms. The molecule has 1 N–H and O–H groups in total. The number of rotatable bonds is 7. The number of amides is 1. The lowest BCUT2D eigenvalue weighted by Crippen LogP contribution is -2.28. The Morgan fingerprint density at radius 1 is 1.00 bits per heavy atom. The maximum absolute atomic E-state index is 13.2. The van der Waals surface area contributed by atoms with Gasteiger partial charge in [0.25, 0.3) is 10.0 Å². The third kappa shape index (κ3) is 4.44. The van der Waals surface area contributed by atoms with Crippen LogP contribution in [-0.2, 0) is 31.3 Å². The van der Waals surface area contributed by atoms with Gasteiger partial charge in [0.2, 0.25) is 15.9 Å². The lowest BCUT2D eigenvalue weighted by molar-refractivity contribution is -0.118. The van der Waals surface area contributed by atoms with Crippen molar-refractivity contribution in [3.8, 4) is 5.75 Å². The fourth-order valence-electron chi connectivity index (χ4n) is 4.20. The second-order valence-corrected chi connectivity index (χ2v) is 11.6. The van der Waals surface area contributed by atoms with E-state index in [0.717, 1.165) is 24.1 Å². The molecular formula is C22H27N3O6S2. The van der Waals surface area contributed by atoms with Crippen LogP contribution in [-0.4, -0.2) is 53.8 Å². The molecular weight excluding hydrogens is 466 g/mol. The van der Waals surface area contributed by atoms with Crippen LogP contribution in [0.5, 0.6) is 5.75 Å². The molecule has 0 spiro atoms. The molecule has 178 valence electrons. The maximum Gasteiger partial charge on any atom is 0.262 e. The van der Waals surface area contributed by atoms with E-state index in [2.05, 4.69) is 4.72 Å². The molecule has 0 bridgehead atoms. The van der Waals surface area contributed by atoms with Gasteiger partial charge in [0, 0.05) is 31.7 Å². The monoisotopic (exact) mass is 493 g/mol. The number of nitrogens with one attached hydrogen (secondary N) is 1. The maximum atomic E-state index is 13.2. The summed E-state index contributed by atoms with van der Waals surface area (Å²) in [7, 11) is -6.37. The fraction of sp³-hybridized carbons (Fsp3) is 0.409. The number of hydrogen-bond acceptors (Lipinski definition) is 6. The molecule has 2 aliphatic heterocycles. The Labute approximate surface area is 194 Å². The average molecular weight is 494 g/mol. The molecule has 33 heavy (non-hydrogen) atoms. The first-order chi connectivity index (χ1) is 15.7. The van der Waals surface area contributed by atoms with E-state index in [1.54, 1.807) is 24.0 Å². The van der Waals surface area contributed by atoms with Crippen LogP contribution in [0, 0.1) is 0 Å². The minimum absolute atomic E-state index is 0.00516. The Morgan fingerprint density at radius 3 is 2.36 bits per heavy atom. The van der Waals surface area contributed by atoms with Crippen LogP contribution in [0.4, 0.5) is 11.4 Å². The van der Waals surface area contributed by atoms with Gasteiger partial charge in [0.1, 0.15) is 5.75 Å². The minimum atomic E-state index is -4.03. The zero-order chi connectivity index (χ0) is 23.8. The predicted molar refractivity (Wildman–Crippen MR) is 125 cm³/mol. The standard InChI is InChI=1S/C22H27N3O6S2/c1-3-22(26)25-13-10-16-14-17(6-8-20(16)25)32(27,28)23-19-15-18(7-9-21(19)31-2)33(29,30)24-11-4-5-12-24/h6-9,14-15,23H,3-5,10-13H2,1-2H3. The van der Waals surface area contributed by atoms with Gasteiger partial charge >= 0.3 is 0 Å². The second kappa shape index (κ2) is 8.96. The highest BCUT2D eigenvalue weighted by atomic mass is 32.2. The molecule has 0 aromatic heterocycles. The van der Waals surface area contributed by atoms with Crippen LogP contribution in [0.25, 0.3) is 0 Å². The number of sulfonamides is 2. The summed E-state index contributed by atoms with van der Waals surface area (Å²) < 4.78 is 61.3. The topological polar surface area (TPSA) is 113 Å². The summed E-state index contributed by atoms with van der Waals surface area (Å²) in [4.78, 5) is 13.8. The van der Waals surface area contributed by atoms with E-state index in [0.29, 0.717) is 32.5 Å². The van der Waals surface area contributed by atoms with Crippen molar-refractivity contribution in [2.75, 3.05) is 36.4 Å². The third-order valence-electron chi connectivity index (χ3n) is 5.98. The molecule has 0 saturated carbocycles. The second-order valence-electron chi connectivity index (χ2n) is 8.02. The third-order valence-corrected chi connectivity index (χ3v) is 9.24. The number of anilines is 2. The number of carbonyl (C=O) groups excluding carboxylic acids is 1. The molecule has 0 aliphatic carbocycles. The molecule has 1 fully saturated rings. The molecule has 2 heterocycles. The first-order valence-electron chi connectivity index (χ1n) is 10.8. The first-order valence-corrected chi connectivity index (χ1v) is 13.7. The number of ether oxygens (including phenoxy) is 1. The van der Waals surface area contributed by atoms with Crippen molar-refractivity contribution >= 4 is 37.3 Å². The molecule has 2 aromatic carbocycles. The highest BCUT2D eigenvalue weighted by molar-refractivity contribution is 7.92. The Bertz CT molecular complexity index is 1290. The molecule has 0 unspecified atom stereocenters. The minimum Gasteiger partial charge on any atom is -0.495 e. The van der Waals surface area contributed by atoms with E-state index < -0.39 is 20.0 Å². The molecule has 9 nitrogen and oxygen atoms in total. The molecule has 1 amide bonds. The molecule has 0 radical (unpaired) electrons. The van der Waals surface area contributed by atoms with Crippen molar-refractivity contribution in [1.29, 1.82) is 0 Å². The van der Waals surface area contributed by atoms with Gasteiger partial charge in [-0.1, -0.05) is 6.92 Å². The lowest BCUT2D eigenvalue weighted by Gasteiger charge is -2.18. The summed E-state index contributed by atoms with van der Waals surface area (Å²) in [5.74, 6) is 0.197. The summed E-state index contributed by atoms with van der Waals surface area (Å²) in [5.41, 5.74) is 1.54. The van der Waals surface area contributed by atoms with E-state index in [1.165, 1.54) is 35.7 Å². The zero-order valence-corrected chi connectivity index (χ0v) is 20.2. The molecule has 2 aromatic rings. The van der Waals surface area contributed by atoms with Gasteiger partial charge < -0.3 is 9.64 Å². The molecule has 0 atom stereocenters. The number of methoxy groups -OCH3 is 1. The highest BCUT2D eigenvalue weighted by Gasteiger charge is 2.29. The summed E-state index contributed by atoms with van der Waals surface area (Å²) in [5, 5.41) is 0. The van der Waals surface area contributed by atoms with Gasteiger partial charge in [-0.25, -0.2) is 16.8 Å². The van der Waals surface area contributed by atoms with E-state index in [4.69, 9.17) is 4.74 Å². The van der Waals surface area contributed by atoms with Gasteiger partial charge in [0.15, 0.2) is 0 Å². The predicted octanol–water partition coefficient (Wildman–Crippen LogP) is 2.58. The van der Waals surface area contributed by atoms with Gasteiger partial charge in [0.05, 0.1) is 22.6 Å². The fourth-order valence-corrected chi connectivity index (χ4v) is 6.86. The summed E-state index contributed by atoms with van der Waals surface area (Å²) >= 11 is 0. The number of carbonyl (C=O) groups is 1. The van der Waals surface area contributed by atoms with Crippen LogP contribution in [0.3, 0.4) is 0 Å². The van der Waals surface area contributed by atoms with Crippen molar-refractivity contribution in [3.63, 3.8) is 0 Å². The van der Waals surface area contributed by atoms with Crippen LogP contribution < -0.4 is 14.4 Å². The van der Waals surface area contributed by atoms with E-state index in [9.17, 15) is 21.6 Å². The van der Waals surface area contributed by atoms with Crippen molar-refractivity contribution in [2.24, 2.45) is 0 Å². The molecule has 1 saturated heterocycles. The number of nitrogens with zero attached hydrogens (tertiary/aromatic N) is 2. The normalized spacial score (nSPS) is 16.6. The number of fused-ring (bicyclic) bond motifs is 1. The summed E-state index contributed by atoms with van der Waals surface area (Å²) in [6.07, 6.45) is 2.54. The highest BCUT2D eigenvalue weighted by Crippen LogP contribution is 2.34. The van der Waals surface area contributed by atoms with Crippen molar-refractivity contribution in [2.45, 2.75) is 42.4 Å². The van der Waals surface area contributed by atoms with E-state index in [1.807, 2.05) is 0 Å². The zero-order valence-electron chi connectivity index (χ0n) is 18.6. The van der Waals surface area contributed by atoms with Gasteiger partial charge in [-0.2, -0.15) is 4.31 Å². The van der Waals surface area contributed by atoms with Crippen molar-refractivity contribution in [1.82, 2.24) is 4.31 Å². The van der Waals surface area contributed by atoms with Gasteiger partial charge in [-0.05, 0) is 61.2 Å². The first kappa shape index (κ1) is 23.5. The number of benzene rings is 2. The smallest absolute Gasteiger partial charge is 0.262 e. The SMILES string of the molecule is CCC(=O)N1CCc2cc(S(=O)(=O)Nc3cc(S(=O)(=O)N4CCCC4)ccc3OC)ccc21. The van der Waals surface area contributed by atoms with Crippen LogP contribution in [0.1, 0.15) is 31.7 Å². The van der Waals surface area contributed by atoms with E-state index in [-0.39, 0.29) is 27.1 Å². The van der Waals surface area contributed by atoms with Gasteiger partial charge in [-0.3, -0.25) is 9.52 Å². The number of hydrogen-bond donors (Lipinski definition) is 1. The van der Waals surface area contributed by atoms with Crippen LogP contribution in [0.15, 0.2) is 46.2 Å². The Morgan fingerprint density at radius 2 is 1.70 bits per heavy atom. The average Bonchev–Trinajstić information content (AvgIpc) is 3.48. The Balaban J connectivity index is 1.65. The molecule has 4 rings (SSSR count). The molecule has 2 aliphatic rings.